The van der Waals surface area contributed by atoms with Crippen LogP contribution in [-0.4, -0.2) is 18.9 Å². The van der Waals surface area contributed by atoms with Gasteiger partial charge in [0.15, 0.2) is 17.4 Å². The monoisotopic (exact) mass is 276 g/mol. The lowest BCUT2D eigenvalue weighted by molar-refractivity contribution is 0.0600. The van der Waals surface area contributed by atoms with Crippen LogP contribution in [0.15, 0.2) is 42.5 Å². The molecule has 0 aliphatic rings. The molecule has 0 aliphatic carbocycles. The minimum Gasteiger partial charge on any atom is -0.465 e. The fraction of sp³-hybridized carbons (Fsp3) is 0.0667. The van der Waals surface area contributed by atoms with Crippen LogP contribution in [-0.2, 0) is 4.74 Å². The van der Waals surface area contributed by atoms with Gasteiger partial charge in [0.05, 0.1) is 12.7 Å². The van der Waals surface area contributed by atoms with Gasteiger partial charge in [0, 0.05) is 11.1 Å². The second kappa shape index (κ2) is 5.61. The van der Waals surface area contributed by atoms with Gasteiger partial charge >= 0.3 is 5.97 Å². The van der Waals surface area contributed by atoms with E-state index >= 15 is 0 Å². The van der Waals surface area contributed by atoms with E-state index in [9.17, 15) is 18.4 Å². The Labute approximate surface area is 113 Å². The predicted molar refractivity (Wildman–Crippen MR) is 67.6 cm³/mol. The molecule has 0 spiro atoms. The quantitative estimate of drug-likeness (QED) is 0.639. The number of hydrogen-bond donors (Lipinski definition) is 0. The van der Waals surface area contributed by atoms with Crippen molar-refractivity contribution in [3.05, 3.63) is 70.8 Å². The molecule has 3 nitrogen and oxygen atoms in total. The van der Waals surface area contributed by atoms with E-state index in [-0.39, 0.29) is 16.7 Å². The van der Waals surface area contributed by atoms with Gasteiger partial charge in [-0.05, 0) is 30.3 Å². The Hall–Kier alpha value is -2.56. The zero-order valence-corrected chi connectivity index (χ0v) is 10.5. The van der Waals surface area contributed by atoms with Crippen LogP contribution in [0.3, 0.4) is 0 Å². The number of esters is 1. The first kappa shape index (κ1) is 13.9. The lowest BCUT2D eigenvalue weighted by Crippen LogP contribution is -2.06. The van der Waals surface area contributed by atoms with Gasteiger partial charge < -0.3 is 4.74 Å². The third-order valence-electron chi connectivity index (χ3n) is 2.73. The largest absolute Gasteiger partial charge is 0.465 e. The third kappa shape index (κ3) is 2.71. The zero-order valence-electron chi connectivity index (χ0n) is 10.5. The Bertz CT molecular complexity index is 681. The van der Waals surface area contributed by atoms with E-state index < -0.39 is 23.4 Å². The summed E-state index contributed by atoms with van der Waals surface area (Å²) in [4.78, 5) is 23.5. The topological polar surface area (TPSA) is 43.4 Å². The van der Waals surface area contributed by atoms with Crippen LogP contribution < -0.4 is 0 Å². The van der Waals surface area contributed by atoms with Crippen molar-refractivity contribution in [2.45, 2.75) is 0 Å². The molecule has 2 aromatic rings. The van der Waals surface area contributed by atoms with Crippen LogP contribution in [0.5, 0.6) is 0 Å². The lowest BCUT2D eigenvalue weighted by atomic mass is 10.0. The number of benzene rings is 2. The van der Waals surface area contributed by atoms with Crippen molar-refractivity contribution >= 4 is 11.8 Å². The Balaban J connectivity index is 2.38. The van der Waals surface area contributed by atoms with Gasteiger partial charge in [-0.3, -0.25) is 4.79 Å². The summed E-state index contributed by atoms with van der Waals surface area (Å²) in [5.41, 5.74) is 0.408. The van der Waals surface area contributed by atoms with E-state index in [2.05, 4.69) is 4.74 Å². The van der Waals surface area contributed by atoms with E-state index in [0.29, 0.717) is 0 Å². The zero-order chi connectivity index (χ0) is 14.7. The van der Waals surface area contributed by atoms with Gasteiger partial charge in [-0.1, -0.05) is 12.1 Å². The summed E-state index contributed by atoms with van der Waals surface area (Å²) in [6.07, 6.45) is 0. The molecule has 20 heavy (non-hydrogen) atoms. The molecule has 0 saturated carbocycles. The molecular weight excluding hydrogens is 266 g/mol. The SMILES string of the molecule is COC(=O)c1cccc(C(=O)c2ccc(F)c(F)c2)c1. The van der Waals surface area contributed by atoms with Crippen molar-refractivity contribution in [2.24, 2.45) is 0 Å². The second-order valence-electron chi connectivity index (χ2n) is 4.03. The molecule has 0 fully saturated rings. The molecule has 2 rings (SSSR count). The van der Waals surface area contributed by atoms with Gasteiger partial charge in [-0.2, -0.15) is 0 Å². The third-order valence-corrected chi connectivity index (χ3v) is 2.73. The van der Waals surface area contributed by atoms with E-state index in [1.807, 2.05) is 0 Å². The highest BCUT2D eigenvalue weighted by Gasteiger charge is 2.14. The lowest BCUT2D eigenvalue weighted by Gasteiger charge is -2.04. The molecule has 0 saturated heterocycles. The van der Waals surface area contributed by atoms with Crippen LogP contribution in [0.1, 0.15) is 26.3 Å². The highest BCUT2D eigenvalue weighted by Crippen LogP contribution is 2.15. The average Bonchev–Trinajstić information content (AvgIpc) is 2.48. The number of carbonyl (C=O) groups is 2. The summed E-state index contributed by atoms with van der Waals surface area (Å²) in [5, 5.41) is 0. The smallest absolute Gasteiger partial charge is 0.337 e. The molecule has 0 aromatic heterocycles. The van der Waals surface area contributed by atoms with Gasteiger partial charge in [0.2, 0.25) is 0 Å². The predicted octanol–water partition coefficient (Wildman–Crippen LogP) is 2.98. The van der Waals surface area contributed by atoms with Crippen LogP contribution >= 0.6 is 0 Å². The molecule has 0 atom stereocenters. The number of ether oxygens (including phenoxy) is 1. The van der Waals surface area contributed by atoms with Gasteiger partial charge in [0.25, 0.3) is 0 Å². The first-order chi connectivity index (χ1) is 9.52. The fourth-order valence-corrected chi connectivity index (χ4v) is 1.71. The molecule has 102 valence electrons. The number of hydrogen-bond acceptors (Lipinski definition) is 3. The minimum absolute atomic E-state index is 0.00548. The van der Waals surface area contributed by atoms with E-state index in [1.165, 1.54) is 37.4 Å². The Morgan fingerprint density at radius 2 is 1.55 bits per heavy atom. The van der Waals surface area contributed by atoms with Crippen molar-refractivity contribution in [1.29, 1.82) is 0 Å². The van der Waals surface area contributed by atoms with Crippen LogP contribution in [0.4, 0.5) is 8.78 Å². The van der Waals surface area contributed by atoms with Crippen molar-refractivity contribution in [3.63, 3.8) is 0 Å². The summed E-state index contributed by atoms with van der Waals surface area (Å²) in [6.45, 7) is 0. The maximum absolute atomic E-state index is 13.1. The molecule has 0 heterocycles. The number of ketones is 1. The summed E-state index contributed by atoms with van der Waals surface area (Å²) in [5.74, 6) is -3.20. The number of methoxy groups -OCH3 is 1. The normalized spacial score (nSPS) is 10.2. The number of rotatable bonds is 3. The molecule has 0 radical (unpaired) electrons. The summed E-state index contributed by atoms with van der Waals surface area (Å²) < 4.78 is 30.5. The van der Waals surface area contributed by atoms with Gasteiger partial charge in [0.1, 0.15) is 0 Å². The Kier molecular flexibility index (Phi) is 3.89. The molecule has 2 aromatic carbocycles. The van der Waals surface area contributed by atoms with E-state index in [1.54, 1.807) is 0 Å². The molecule has 0 aliphatic heterocycles. The van der Waals surface area contributed by atoms with Crippen molar-refractivity contribution in [2.75, 3.05) is 7.11 Å². The average molecular weight is 276 g/mol. The minimum atomic E-state index is -1.10. The first-order valence-corrected chi connectivity index (χ1v) is 5.71. The standard InChI is InChI=1S/C15H10F2O3/c1-20-15(19)11-4-2-3-9(7-11)14(18)10-5-6-12(16)13(17)8-10/h2-8H,1H3. The summed E-state index contributed by atoms with van der Waals surface area (Å²) >= 11 is 0. The first-order valence-electron chi connectivity index (χ1n) is 5.71. The van der Waals surface area contributed by atoms with E-state index in [4.69, 9.17) is 0 Å². The van der Waals surface area contributed by atoms with Gasteiger partial charge in [-0.15, -0.1) is 0 Å². The van der Waals surface area contributed by atoms with Gasteiger partial charge in [-0.25, -0.2) is 13.6 Å². The van der Waals surface area contributed by atoms with Crippen molar-refractivity contribution in [1.82, 2.24) is 0 Å². The Morgan fingerprint density at radius 3 is 2.20 bits per heavy atom. The van der Waals surface area contributed by atoms with E-state index in [0.717, 1.165) is 12.1 Å². The molecule has 5 heteroatoms. The van der Waals surface area contributed by atoms with Crippen LogP contribution in [0.2, 0.25) is 0 Å². The van der Waals surface area contributed by atoms with Crippen LogP contribution in [0.25, 0.3) is 0 Å². The molecule has 0 N–H and O–H groups in total. The van der Waals surface area contributed by atoms with Crippen molar-refractivity contribution < 1.29 is 23.1 Å². The molecule has 0 amide bonds. The summed E-state index contributed by atoms with van der Waals surface area (Å²) in [6, 6.07) is 8.72. The maximum atomic E-state index is 13.1. The van der Waals surface area contributed by atoms with Crippen molar-refractivity contribution in [3.8, 4) is 0 Å². The highest BCUT2D eigenvalue weighted by atomic mass is 19.2. The second-order valence-corrected chi connectivity index (χ2v) is 4.03. The number of halogens is 2. The fourth-order valence-electron chi connectivity index (χ4n) is 1.71. The molecular formula is C15H10F2O3. The summed E-state index contributed by atoms with van der Waals surface area (Å²) in [7, 11) is 1.23. The maximum Gasteiger partial charge on any atom is 0.337 e. The molecule has 0 bridgehead atoms. The number of carbonyl (C=O) groups excluding carboxylic acids is 2. The van der Waals surface area contributed by atoms with Crippen LogP contribution in [0, 0.1) is 11.6 Å². The highest BCUT2D eigenvalue weighted by molar-refractivity contribution is 6.09. The molecule has 0 unspecified atom stereocenters. The Morgan fingerprint density at radius 1 is 0.900 bits per heavy atom.